The Hall–Kier alpha value is -5.29. The number of rotatable bonds is 20. The van der Waals surface area contributed by atoms with E-state index in [-0.39, 0.29) is 52.6 Å². The lowest BCUT2D eigenvalue weighted by molar-refractivity contribution is -0.187. The first kappa shape index (κ1) is 58.6. The minimum atomic E-state index is -1.37. The molecule has 5 heterocycles. The number of carbonyl (C=O) groups excluding carboxylic acids is 3. The van der Waals surface area contributed by atoms with Crippen molar-refractivity contribution >= 4 is 23.7 Å². The van der Waals surface area contributed by atoms with Crippen LogP contribution < -0.4 is 16.4 Å². The van der Waals surface area contributed by atoms with Gasteiger partial charge in [0.2, 0.25) is 5.91 Å². The molecule has 2 atom stereocenters. The fraction of sp³-hybridized carbons (Fsp3) is 0.569. The molecule has 1 aliphatic carbocycles. The molecule has 0 spiro atoms. The van der Waals surface area contributed by atoms with Gasteiger partial charge in [0.05, 0.1) is 26.4 Å². The number of hydrogen-bond acceptors (Lipinski definition) is 14. The van der Waals surface area contributed by atoms with E-state index in [9.17, 15) is 24.6 Å². The van der Waals surface area contributed by atoms with Crippen molar-refractivity contribution in [3.8, 4) is 0 Å². The number of likely N-dealkylation sites (tertiary alicyclic amines) is 1. The molecule has 8 rings (SSSR count). The smallest absolute Gasteiger partial charge is 0.338 e. The largest absolute Gasteiger partial charge is 0.464 e. The number of carbonyl (C=O) groups is 3. The van der Waals surface area contributed by atoms with Gasteiger partial charge in [-0.05, 0) is 164 Å². The lowest BCUT2D eigenvalue weighted by Crippen LogP contribution is -2.56. The molecule has 0 saturated carbocycles. The second kappa shape index (κ2) is 30.8. The number of ether oxygens (including phenoxy) is 4. The third-order valence-corrected chi connectivity index (χ3v) is 13.8. The summed E-state index contributed by atoms with van der Waals surface area (Å²) in [5, 5.41) is 28.6. The zero-order valence-corrected chi connectivity index (χ0v) is 42.8. The SMILES string of the molecule is C.CCOC(=O)C(OCc1ccccc1)C1(O)CCN(C(=O)CCCCc2ccc3c(n2)NCCC3)CC1.CCOC(=O)C(OCc1ccccc1)C1(O)CCNCC1.NCCCc1ccc2c(n1)CCCC2. The number of nitrogens with one attached hydrogen (secondary N) is 2. The van der Waals surface area contributed by atoms with E-state index < -0.39 is 35.3 Å². The first-order valence-corrected chi connectivity index (χ1v) is 26.5. The number of fused-ring (bicyclic) bond motifs is 2. The van der Waals surface area contributed by atoms with Crippen LogP contribution in [0.15, 0.2) is 84.9 Å². The second-order valence-electron chi connectivity index (χ2n) is 19.3. The van der Waals surface area contributed by atoms with Gasteiger partial charge < -0.3 is 50.4 Å². The summed E-state index contributed by atoms with van der Waals surface area (Å²) in [6.45, 7) is 8.29. The summed E-state index contributed by atoms with van der Waals surface area (Å²) >= 11 is 0. The highest BCUT2D eigenvalue weighted by atomic mass is 16.6. The number of nitrogens with two attached hydrogens (primary N) is 1. The molecule has 2 saturated heterocycles. The van der Waals surface area contributed by atoms with Crippen LogP contribution in [0, 0.1) is 0 Å². The number of amides is 1. The molecule has 2 aromatic heterocycles. The van der Waals surface area contributed by atoms with Crippen molar-refractivity contribution in [2.75, 3.05) is 57.8 Å². The molecule has 400 valence electrons. The van der Waals surface area contributed by atoms with E-state index in [0.29, 0.717) is 45.4 Å². The van der Waals surface area contributed by atoms with Crippen molar-refractivity contribution in [1.82, 2.24) is 20.2 Å². The first-order chi connectivity index (χ1) is 35.0. The van der Waals surface area contributed by atoms with E-state index >= 15 is 0 Å². The maximum absolute atomic E-state index is 12.8. The maximum Gasteiger partial charge on any atom is 0.338 e. The van der Waals surface area contributed by atoms with Crippen LogP contribution in [-0.2, 0) is 78.6 Å². The second-order valence-corrected chi connectivity index (χ2v) is 19.3. The maximum atomic E-state index is 12.8. The van der Waals surface area contributed by atoms with Gasteiger partial charge >= 0.3 is 11.9 Å². The summed E-state index contributed by atoms with van der Waals surface area (Å²) in [6.07, 6.45) is 11.8. The Morgan fingerprint density at radius 3 is 1.78 bits per heavy atom. The van der Waals surface area contributed by atoms with Gasteiger partial charge in [0.15, 0.2) is 12.2 Å². The number of aryl methyl sites for hydroxylation is 5. The van der Waals surface area contributed by atoms with Gasteiger partial charge in [-0.3, -0.25) is 9.78 Å². The molecule has 4 aromatic rings. The van der Waals surface area contributed by atoms with Gasteiger partial charge in [0.25, 0.3) is 0 Å². The van der Waals surface area contributed by atoms with E-state index in [2.05, 4.69) is 34.9 Å². The Kier molecular flexibility index (Phi) is 24.7. The van der Waals surface area contributed by atoms with Crippen LogP contribution in [0.2, 0.25) is 0 Å². The molecular weight excluding hydrogens is 925 g/mol. The zero-order chi connectivity index (χ0) is 51.0. The molecular formula is C58H84N6O9. The Bertz CT molecular complexity index is 2250. The minimum absolute atomic E-state index is 0. The van der Waals surface area contributed by atoms with Crippen LogP contribution in [0.3, 0.4) is 0 Å². The highest BCUT2D eigenvalue weighted by Crippen LogP contribution is 2.31. The van der Waals surface area contributed by atoms with Gasteiger partial charge in [-0.1, -0.05) is 80.2 Å². The Morgan fingerprint density at radius 2 is 1.19 bits per heavy atom. The van der Waals surface area contributed by atoms with Gasteiger partial charge in [-0.2, -0.15) is 0 Å². The number of benzene rings is 2. The van der Waals surface area contributed by atoms with Gasteiger partial charge in [0.1, 0.15) is 17.0 Å². The van der Waals surface area contributed by atoms with E-state index in [1.165, 1.54) is 48.2 Å². The molecule has 15 heteroatoms. The van der Waals surface area contributed by atoms with Crippen LogP contribution in [0.1, 0.15) is 131 Å². The molecule has 0 radical (unpaired) electrons. The van der Waals surface area contributed by atoms with Crippen molar-refractivity contribution in [1.29, 1.82) is 0 Å². The molecule has 15 nitrogen and oxygen atoms in total. The standard InChI is InChI=1S/C29H39N3O5.C16H23NO4.C12H18N2.CH4/c1-2-36-28(34)26(37-21-22-9-4-3-5-10-22)29(35)16-19-32(20-17-29)25(33)13-7-6-12-24-15-14-23-11-8-18-30-27(23)31-24;1-2-20-15(18)14(16(19)8-10-17-11-9-16)21-12-13-6-4-3-5-7-13;13-9-3-5-11-8-7-10-4-1-2-6-12(10)14-11;/h3-5,9-10,14-15,26,35H,2,6-8,11-13,16-21H2,1H3,(H,30,31);3-7,14,17,19H,2,8-12H2,1H3;7-8H,1-6,9,13H2;1H4. The summed E-state index contributed by atoms with van der Waals surface area (Å²) in [5.74, 6) is 0.0408. The van der Waals surface area contributed by atoms with Crippen LogP contribution in [-0.4, -0.2) is 119 Å². The minimum Gasteiger partial charge on any atom is -0.464 e. The molecule has 0 bridgehead atoms. The van der Waals surface area contributed by atoms with E-state index in [1.807, 2.05) is 60.7 Å². The Morgan fingerprint density at radius 1 is 0.658 bits per heavy atom. The van der Waals surface area contributed by atoms with Crippen molar-refractivity contribution in [2.45, 2.75) is 161 Å². The van der Waals surface area contributed by atoms with Crippen LogP contribution in [0.25, 0.3) is 0 Å². The Labute approximate surface area is 434 Å². The number of aliphatic hydroxyl groups is 2. The van der Waals surface area contributed by atoms with Crippen LogP contribution >= 0.6 is 0 Å². The quantitative estimate of drug-likeness (QED) is 0.0432. The molecule has 4 aliphatic rings. The number of esters is 2. The molecule has 2 fully saturated rings. The lowest BCUT2D eigenvalue weighted by Gasteiger charge is -2.41. The highest BCUT2D eigenvalue weighted by Gasteiger charge is 2.47. The number of pyridine rings is 2. The average Bonchev–Trinajstić information content (AvgIpc) is 3.40. The van der Waals surface area contributed by atoms with Gasteiger partial charge in [-0.25, -0.2) is 14.6 Å². The number of hydrogen-bond donors (Lipinski definition) is 5. The van der Waals surface area contributed by atoms with Gasteiger partial charge in [0, 0.05) is 43.1 Å². The number of piperidine rings is 2. The predicted molar refractivity (Wildman–Crippen MR) is 285 cm³/mol. The third kappa shape index (κ3) is 18.3. The number of aromatic nitrogens is 2. The Balaban J connectivity index is 0.000000230. The summed E-state index contributed by atoms with van der Waals surface area (Å²) in [7, 11) is 0. The average molecular weight is 1010 g/mol. The topological polar surface area (TPSA) is 208 Å². The molecule has 1 amide bonds. The normalized spacial score (nSPS) is 17.2. The fourth-order valence-electron chi connectivity index (χ4n) is 9.65. The molecule has 6 N–H and O–H groups in total. The highest BCUT2D eigenvalue weighted by molar-refractivity contribution is 5.78. The van der Waals surface area contributed by atoms with Gasteiger partial charge in [-0.15, -0.1) is 0 Å². The van der Waals surface area contributed by atoms with Crippen LogP contribution in [0.4, 0.5) is 5.82 Å². The van der Waals surface area contributed by atoms with Crippen molar-refractivity contribution in [2.24, 2.45) is 5.73 Å². The van der Waals surface area contributed by atoms with E-state index in [1.54, 1.807) is 18.7 Å². The summed E-state index contributed by atoms with van der Waals surface area (Å²) in [6, 6.07) is 27.8. The number of unbranched alkanes of at least 4 members (excludes halogenated alkanes) is 1. The molecule has 73 heavy (non-hydrogen) atoms. The molecule has 2 unspecified atom stereocenters. The third-order valence-electron chi connectivity index (χ3n) is 13.8. The zero-order valence-electron chi connectivity index (χ0n) is 42.8. The van der Waals surface area contributed by atoms with E-state index in [0.717, 1.165) is 80.7 Å². The van der Waals surface area contributed by atoms with Crippen molar-refractivity contribution in [3.63, 3.8) is 0 Å². The number of anilines is 1. The monoisotopic (exact) mass is 1010 g/mol. The van der Waals surface area contributed by atoms with Crippen molar-refractivity contribution < 1.29 is 43.5 Å². The fourth-order valence-corrected chi connectivity index (χ4v) is 9.65. The predicted octanol–water partition coefficient (Wildman–Crippen LogP) is 7.39. The lowest BCUT2D eigenvalue weighted by atomic mass is 9.85. The number of nitrogens with zero attached hydrogens (tertiary/aromatic N) is 3. The summed E-state index contributed by atoms with van der Waals surface area (Å²) < 4.78 is 21.9. The summed E-state index contributed by atoms with van der Waals surface area (Å²) in [4.78, 5) is 48.8. The van der Waals surface area contributed by atoms with Crippen LogP contribution in [0.5, 0.6) is 0 Å². The summed E-state index contributed by atoms with van der Waals surface area (Å²) in [5.41, 5.74) is 11.2. The van der Waals surface area contributed by atoms with E-state index in [4.69, 9.17) is 34.6 Å². The molecule has 3 aliphatic heterocycles. The van der Waals surface area contributed by atoms with Crippen molar-refractivity contribution in [3.05, 3.63) is 124 Å². The first-order valence-electron chi connectivity index (χ1n) is 26.5. The molecule has 2 aromatic carbocycles.